The Morgan fingerprint density at radius 3 is 2.95 bits per heavy atom. The molecule has 5 heteroatoms. The van der Waals surface area contributed by atoms with Gasteiger partial charge in [0.25, 0.3) is 5.91 Å². The minimum absolute atomic E-state index is 0.0795. The molecule has 0 bridgehead atoms. The van der Waals surface area contributed by atoms with Gasteiger partial charge >= 0.3 is 0 Å². The van der Waals surface area contributed by atoms with Gasteiger partial charge in [0.2, 0.25) is 0 Å². The van der Waals surface area contributed by atoms with E-state index in [0.29, 0.717) is 12.6 Å². The lowest BCUT2D eigenvalue weighted by atomic mass is 10.2. The number of hydrogen-bond donors (Lipinski definition) is 2. The van der Waals surface area contributed by atoms with Crippen molar-refractivity contribution in [3.63, 3.8) is 0 Å². The second-order valence-electron chi connectivity index (χ2n) is 5.07. The maximum atomic E-state index is 11.9. The number of nitrogens with one attached hydrogen (secondary N) is 1. The second-order valence-corrected chi connectivity index (χ2v) is 5.07. The molecule has 0 atom stereocenters. The largest absolute Gasteiger partial charge is 0.505 e. The molecule has 0 spiro atoms. The molecule has 1 aliphatic rings. The summed E-state index contributed by atoms with van der Waals surface area (Å²) in [6.45, 7) is 1.43. The van der Waals surface area contributed by atoms with Crippen LogP contribution in [0.25, 0.3) is 0 Å². The summed E-state index contributed by atoms with van der Waals surface area (Å²) in [5.41, 5.74) is 0.276. The van der Waals surface area contributed by atoms with E-state index >= 15 is 0 Å². The van der Waals surface area contributed by atoms with Gasteiger partial charge in [-0.25, -0.2) is 0 Å². The van der Waals surface area contributed by atoms with Crippen LogP contribution >= 0.6 is 0 Å². The van der Waals surface area contributed by atoms with E-state index in [9.17, 15) is 9.90 Å². The van der Waals surface area contributed by atoms with E-state index in [0.717, 1.165) is 6.54 Å². The van der Waals surface area contributed by atoms with Crippen LogP contribution in [-0.4, -0.2) is 47.1 Å². The normalized spacial score (nSPS) is 15.9. The number of nitrogens with zero attached hydrogens (tertiary/aromatic N) is 2. The van der Waals surface area contributed by atoms with Crippen molar-refractivity contribution < 1.29 is 9.90 Å². The average molecular weight is 263 g/mol. The fourth-order valence-corrected chi connectivity index (χ4v) is 2.55. The third-order valence-corrected chi connectivity index (χ3v) is 3.74. The minimum atomic E-state index is -0.250. The van der Waals surface area contributed by atoms with Gasteiger partial charge in [0, 0.05) is 25.3 Å². The number of aromatic hydroxyl groups is 1. The van der Waals surface area contributed by atoms with E-state index in [1.807, 2.05) is 0 Å². The summed E-state index contributed by atoms with van der Waals surface area (Å²) in [7, 11) is 2.10. The molecule has 0 aliphatic heterocycles. The van der Waals surface area contributed by atoms with Crippen LogP contribution in [0.2, 0.25) is 0 Å². The highest BCUT2D eigenvalue weighted by atomic mass is 16.3. The Labute approximate surface area is 113 Å². The second kappa shape index (κ2) is 6.52. The quantitative estimate of drug-likeness (QED) is 0.842. The number of pyridine rings is 1. The van der Waals surface area contributed by atoms with Crippen LogP contribution in [0, 0.1) is 0 Å². The highest BCUT2D eigenvalue weighted by Gasteiger charge is 2.19. The summed E-state index contributed by atoms with van der Waals surface area (Å²) >= 11 is 0. The topological polar surface area (TPSA) is 65.5 Å². The molecule has 0 aromatic carbocycles. The van der Waals surface area contributed by atoms with Gasteiger partial charge in [-0.2, -0.15) is 0 Å². The van der Waals surface area contributed by atoms with Crippen LogP contribution in [0.5, 0.6) is 5.75 Å². The zero-order valence-electron chi connectivity index (χ0n) is 11.3. The van der Waals surface area contributed by atoms with Gasteiger partial charge in [0.1, 0.15) is 5.75 Å². The van der Waals surface area contributed by atoms with Crippen molar-refractivity contribution in [3.05, 3.63) is 24.0 Å². The third-order valence-electron chi connectivity index (χ3n) is 3.74. The van der Waals surface area contributed by atoms with Crippen LogP contribution in [0.15, 0.2) is 18.5 Å². The van der Waals surface area contributed by atoms with E-state index in [1.54, 1.807) is 0 Å². The molecule has 5 nitrogen and oxygen atoms in total. The molecule has 2 N–H and O–H groups in total. The third kappa shape index (κ3) is 3.67. The fourth-order valence-electron chi connectivity index (χ4n) is 2.55. The van der Waals surface area contributed by atoms with Crippen molar-refractivity contribution in [1.82, 2.24) is 15.2 Å². The highest BCUT2D eigenvalue weighted by molar-refractivity contribution is 5.96. The van der Waals surface area contributed by atoms with E-state index in [4.69, 9.17) is 0 Å². The number of amides is 1. The lowest BCUT2D eigenvalue weighted by Crippen LogP contribution is -2.37. The van der Waals surface area contributed by atoms with Crippen LogP contribution in [0.4, 0.5) is 0 Å². The number of hydrogen-bond acceptors (Lipinski definition) is 4. The van der Waals surface area contributed by atoms with E-state index in [-0.39, 0.29) is 17.2 Å². The lowest BCUT2D eigenvalue weighted by Gasteiger charge is -2.23. The number of aromatic nitrogens is 1. The molecule has 1 saturated carbocycles. The van der Waals surface area contributed by atoms with Gasteiger partial charge in [0.05, 0.1) is 11.8 Å². The summed E-state index contributed by atoms with van der Waals surface area (Å²) < 4.78 is 0. The molecule has 1 fully saturated rings. The molecule has 2 rings (SSSR count). The number of carbonyl (C=O) groups excluding carboxylic acids is 1. The summed E-state index contributed by atoms with van der Waals surface area (Å²) in [4.78, 5) is 17.9. The molecular weight excluding hydrogens is 242 g/mol. The first-order chi connectivity index (χ1) is 9.18. The van der Waals surface area contributed by atoms with Crippen molar-refractivity contribution in [2.45, 2.75) is 31.7 Å². The predicted octanol–water partition coefficient (Wildman–Crippen LogP) is 1.39. The van der Waals surface area contributed by atoms with Crippen molar-refractivity contribution in [2.75, 3.05) is 20.1 Å². The van der Waals surface area contributed by atoms with Crippen molar-refractivity contribution in [1.29, 1.82) is 0 Å². The van der Waals surface area contributed by atoms with Crippen LogP contribution in [0.3, 0.4) is 0 Å². The van der Waals surface area contributed by atoms with Gasteiger partial charge in [-0.1, -0.05) is 12.8 Å². The summed E-state index contributed by atoms with van der Waals surface area (Å²) in [6.07, 6.45) is 7.92. The molecule has 0 radical (unpaired) electrons. The Morgan fingerprint density at radius 1 is 1.53 bits per heavy atom. The van der Waals surface area contributed by atoms with E-state index < -0.39 is 0 Å². The lowest BCUT2D eigenvalue weighted by molar-refractivity contribution is 0.0944. The maximum absolute atomic E-state index is 11.9. The molecule has 0 unspecified atom stereocenters. The van der Waals surface area contributed by atoms with Crippen LogP contribution < -0.4 is 5.32 Å². The van der Waals surface area contributed by atoms with Gasteiger partial charge in [-0.3, -0.25) is 9.78 Å². The van der Waals surface area contributed by atoms with Crippen molar-refractivity contribution in [2.24, 2.45) is 0 Å². The van der Waals surface area contributed by atoms with Crippen LogP contribution in [-0.2, 0) is 0 Å². The Bertz CT molecular complexity index is 430. The molecule has 0 saturated heterocycles. The zero-order chi connectivity index (χ0) is 13.7. The molecule has 19 heavy (non-hydrogen) atoms. The zero-order valence-corrected chi connectivity index (χ0v) is 11.3. The average Bonchev–Trinajstić information content (AvgIpc) is 2.93. The van der Waals surface area contributed by atoms with E-state index in [2.05, 4.69) is 22.2 Å². The van der Waals surface area contributed by atoms with Gasteiger partial charge in [-0.15, -0.1) is 0 Å². The van der Waals surface area contributed by atoms with Gasteiger partial charge in [-0.05, 0) is 26.0 Å². The number of likely N-dealkylation sites (N-methyl/N-ethyl adjacent to an activating group) is 1. The summed E-state index contributed by atoms with van der Waals surface area (Å²) in [5.74, 6) is -0.330. The SMILES string of the molecule is CN(CCNC(=O)c1ccncc1O)C1CCCC1. The highest BCUT2D eigenvalue weighted by Crippen LogP contribution is 2.21. The molecule has 1 aromatic heterocycles. The molecule has 1 heterocycles. The molecule has 1 aliphatic carbocycles. The van der Waals surface area contributed by atoms with Crippen molar-refractivity contribution in [3.8, 4) is 5.75 Å². The first-order valence-corrected chi connectivity index (χ1v) is 6.80. The number of rotatable bonds is 5. The molecule has 1 aromatic rings. The Kier molecular flexibility index (Phi) is 4.74. The molecular formula is C14H21N3O2. The number of carbonyl (C=O) groups is 1. The Balaban J connectivity index is 1.76. The first-order valence-electron chi connectivity index (χ1n) is 6.80. The standard InChI is InChI=1S/C14H21N3O2/c1-17(11-4-2-3-5-11)9-8-16-14(19)12-6-7-15-10-13(12)18/h6-7,10-11,18H,2-5,8-9H2,1H3,(H,16,19). The molecule has 1 amide bonds. The first kappa shape index (κ1) is 13.8. The molecule has 104 valence electrons. The Hall–Kier alpha value is -1.62. The minimum Gasteiger partial charge on any atom is -0.505 e. The Morgan fingerprint density at radius 2 is 2.26 bits per heavy atom. The monoisotopic (exact) mass is 263 g/mol. The maximum Gasteiger partial charge on any atom is 0.255 e. The van der Waals surface area contributed by atoms with Gasteiger partial charge in [0.15, 0.2) is 0 Å². The smallest absolute Gasteiger partial charge is 0.255 e. The van der Waals surface area contributed by atoms with Crippen LogP contribution in [0.1, 0.15) is 36.0 Å². The summed E-state index contributed by atoms with van der Waals surface area (Å²) in [5, 5.41) is 12.4. The predicted molar refractivity (Wildman–Crippen MR) is 73.1 cm³/mol. The van der Waals surface area contributed by atoms with Crippen molar-refractivity contribution >= 4 is 5.91 Å². The fraction of sp³-hybridized carbons (Fsp3) is 0.571. The summed E-state index contributed by atoms with van der Waals surface area (Å²) in [6, 6.07) is 2.18. The van der Waals surface area contributed by atoms with E-state index in [1.165, 1.54) is 44.1 Å². The van der Waals surface area contributed by atoms with Gasteiger partial charge < -0.3 is 15.3 Å².